The molecule has 1 heterocycles. The Bertz CT molecular complexity index is 553. The highest BCUT2D eigenvalue weighted by Crippen LogP contribution is 2.35. The number of nitrogens with zero attached hydrogens (tertiary/aromatic N) is 1. The van der Waals surface area contributed by atoms with Crippen molar-refractivity contribution in [1.29, 1.82) is 0 Å². The summed E-state index contributed by atoms with van der Waals surface area (Å²) in [6.07, 6.45) is -3.06. The Morgan fingerprint density at radius 1 is 1.19 bits per heavy atom. The van der Waals surface area contributed by atoms with Gasteiger partial charge < -0.3 is 0 Å². The first kappa shape index (κ1) is 11.7. The van der Waals surface area contributed by atoms with Crippen molar-refractivity contribution in [3.63, 3.8) is 0 Å². The van der Waals surface area contributed by atoms with Gasteiger partial charge >= 0.3 is 6.18 Å². The minimum absolute atomic E-state index is 0.256. The molecule has 0 bridgehead atoms. The molecule has 0 aliphatic heterocycles. The van der Waals surface area contributed by atoms with Crippen molar-refractivity contribution in [1.82, 2.24) is 4.98 Å². The summed E-state index contributed by atoms with van der Waals surface area (Å²) in [4.78, 5) is 3.85. The average molecular weight is 310 g/mol. The maximum absolute atomic E-state index is 12.5. The van der Waals surface area contributed by atoms with E-state index in [2.05, 4.69) is 20.9 Å². The number of aromatic nitrogens is 1. The average Bonchev–Trinajstić information content (AvgIpc) is 2.17. The number of rotatable bonds is 0. The van der Waals surface area contributed by atoms with Crippen molar-refractivity contribution in [2.75, 3.05) is 0 Å². The Labute approximate surface area is 102 Å². The van der Waals surface area contributed by atoms with E-state index in [-0.39, 0.29) is 5.52 Å². The zero-order chi connectivity index (χ0) is 11.9. The van der Waals surface area contributed by atoms with Gasteiger partial charge in [-0.1, -0.05) is 27.5 Å². The van der Waals surface area contributed by atoms with Crippen LogP contribution in [0.2, 0.25) is 5.02 Å². The van der Waals surface area contributed by atoms with Gasteiger partial charge in [0, 0.05) is 16.1 Å². The first-order chi connectivity index (χ1) is 7.38. The van der Waals surface area contributed by atoms with E-state index in [4.69, 9.17) is 11.6 Å². The van der Waals surface area contributed by atoms with Gasteiger partial charge in [0.15, 0.2) is 0 Å². The SMILES string of the molecule is FC(F)(F)c1cc(Br)c2cc(Cl)cnc2c1. The second kappa shape index (κ2) is 3.89. The van der Waals surface area contributed by atoms with Crippen LogP contribution in [0.5, 0.6) is 0 Å². The molecule has 0 amide bonds. The topological polar surface area (TPSA) is 12.9 Å². The number of fused-ring (bicyclic) bond motifs is 1. The van der Waals surface area contributed by atoms with Crippen molar-refractivity contribution in [3.05, 3.63) is 39.5 Å². The molecule has 0 spiro atoms. The Morgan fingerprint density at radius 2 is 1.88 bits per heavy atom. The van der Waals surface area contributed by atoms with Gasteiger partial charge in [-0.15, -0.1) is 0 Å². The number of alkyl halides is 3. The first-order valence-electron chi connectivity index (χ1n) is 4.20. The Balaban J connectivity index is 2.74. The minimum Gasteiger partial charge on any atom is -0.255 e. The fraction of sp³-hybridized carbons (Fsp3) is 0.100. The van der Waals surface area contributed by atoms with E-state index in [1.54, 1.807) is 6.07 Å². The summed E-state index contributed by atoms with van der Waals surface area (Å²) in [6, 6.07) is 3.57. The zero-order valence-electron chi connectivity index (χ0n) is 7.65. The standard InChI is InChI=1S/C10H4BrClF3N/c11-8-1-5(10(13,14)15)2-9-7(8)3-6(12)4-16-9/h1-4H. The van der Waals surface area contributed by atoms with Crippen LogP contribution in [0.1, 0.15) is 5.56 Å². The molecule has 16 heavy (non-hydrogen) atoms. The Kier molecular flexibility index (Phi) is 2.84. The van der Waals surface area contributed by atoms with Gasteiger partial charge in [0.1, 0.15) is 0 Å². The Morgan fingerprint density at radius 3 is 2.50 bits per heavy atom. The van der Waals surface area contributed by atoms with Gasteiger partial charge in [-0.25, -0.2) is 0 Å². The third-order valence-corrected chi connectivity index (χ3v) is 2.91. The van der Waals surface area contributed by atoms with Crippen LogP contribution in [0.25, 0.3) is 10.9 Å². The molecule has 0 saturated carbocycles. The Hall–Kier alpha value is -0.810. The maximum atomic E-state index is 12.5. The molecule has 0 unspecified atom stereocenters. The third kappa shape index (κ3) is 2.15. The number of benzene rings is 1. The maximum Gasteiger partial charge on any atom is 0.416 e. The fourth-order valence-corrected chi connectivity index (χ4v) is 2.05. The van der Waals surface area contributed by atoms with E-state index in [0.29, 0.717) is 14.9 Å². The summed E-state index contributed by atoms with van der Waals surface area (Å²) >= 11 is 8.79. The highest BCUT2D eigenvalue weighted by atomic mass is 79.9. The van der Waals surface area contributed by atoms with E-state index < -0.39 is 11.7 Å². The van der Waals surface area contributed by atoms with Crippen LogP contribution in [0.15, 0.2) is 28.9 Å². The zero-order valence-corrected chi connectivity index (χ0v) is 9.99. The largest absolute Gasteiger partial charge is 0.416 e. The summed E-state index contributed by atoms with van der Waals surface area (Å²) in [5.74, 6) is 0. The third-order valence-electron chi connectivity index (χ3n) is 2.04. The van der Waals surface area contributed by atoms with Gasteiger partial charge in [-0.05, 0) is 18.2 Å². The molecule has 0 N–H and O–H groups in total. The lowest BCUT2D eigenvalue weighted by molar-refractivity contribution is -0.137. The van der Waals surface area contributed by atoms with Gasteiger partial charge in [0.25, 0.3) is 0 Å². The molecule has 6 heteroatoms. The lowest BCUT2D eigenvalue weighted by atomic mass is 10.1. The van der Waals surface area contributed by atoms with Crippen molar-refractivity contribution in [2.24, 2.45) is 0 Å². The van der Waals surface area contributed by atoms with Crippen LogP contribution < -0.4 is 0 Å². The molecule has 0 radical (unpaired) electrons. The molecule has 0 aliphatic carbocycles. The van der Waals surface area contributed by atoms with E-state index in [1.807, 2.05) is 0 Å². The van der Waals surface area contributed by atoms with E-state index >= 15 is 0 Å². The van der Waals surface area contributed by atoms with Crippen molar-refractivity contribution >= 4 is 38.4 Å². The number of hydrogen-bond donors (Lipinski definition) is 0. The van der Waals surface area contributed by atoms with Crippen LogP contribution in [-0.2, 0) is 6.18 Å². The summed E-state index contributed by atoms with van der Waals surface area (Å²) in [5, 5.41) is 0.938. The molecule has 0 saturated heterocycles. The predicted octanol–water partition coefficient (Wildman–Crippen LogP) is 4.67. The fourth-order valence-electron chi connectivity index (χ4n) is 1.32. The van der Waals surface area contributed by atoms with E-state index in [1.165, 1.54) is 6.20 Å². The summed E-state index contributed by atoms with van der Waals surface area (Å²) in [7, 11) is 0. The highest BCUT2D eigenvalue weighted by Gasteiger charge is 2.31. The number of hydrogen-bond acceptors (Lipinski definition) is 1. The van der Waals surface area contributed by atoms with E-state index in [0.717, 1.165) is 12.1 Å². The highest BCUT2D eigenvalue weighted by molar-refractivity contribution is 9.10. The van der Waals surface area contributed by atoms with Crippen molar-refractivity contribution < 1.29 is 13.2 Å². The molecule has 2 rings (SSSR count). The molecule has 1 nitrogen and oxygen atoms in total. The monoisotopic (exact) mass is 309 g/mol. The summed E-state index contributed by atoms with van der Waals surface area (Å²) in [5.41, 5.74) is -0.479. The van der Waals surface area contributed by atoms with E-state index in [9.17, 15) is 13.2 Å². The summed E-state index contributed by atoms with van der Waals surface area (Å²) in [6.45, 7) is 0. The number of halogens is 5. The van der Waals surface area contributed by atoms with Crippen LogP contribution in [0, 0.1) is 0 Å². The lowest BCUT2D eigenvalue weighted by Crippen LogP contribution is -2.04. The molecule has 0 fully saturated rings. The smallest absolute Gasteiger partial charge is 0.255 e. The summed E-state index contributed by atoms with van der Waals surface area (Å²) < 4.78 is 37.8. The van der Waals surface area contributed by atoms with Crippen LogP contribution in [0.3, 0.4) is 0 Å². The lowest BCUT2D eigenvalue weighted by Gasteiger charge is -2.09. The molecule has 84 valence electrons. The minimum atomic E-state index is -4.38. The van der Waals surface area contributed by atoms with Gasteiger partial charge in [-0.3, -0.25) is 4.98 Å². The van der Waals surface area contributed by atoms with Gasteiger partial charge in [0.2, 0.25) is 0 Å². The van der Waals surface area contributed by atoms with Gasteiger partial charge in [-0.2, -0.15) is 13.2 Å². The van der Waals surface area contributed by atoms with Crippen LogP contribution >= 0.6 is 27.5 Å². The molecule has 2 aromatic rings. The van der Waals surface area contributed by atoms with Crippen molar-refractivity contribution in [3.8, 4) is 0 Å². The van der Waals surface area contributed by atoms with Gasteiger partial charge in [0.05, 0.1) is 16.1 Å². The normalized spacial score (nSPS) is 12.1. The second-order valence-corrected chi connectivity index (χ2v) is 4.47. The second-order valence-electron chi connectivity index (χ2n) is 3.18. The predicted molar refractivity (Wildman–Crippen MR) is 59.5 cm³/mol. The first-order valence-corrected chi connectivity index (χ1v) is 5.37. The van der Waals surface area contributed by atoms with Crippen molar-refractivity contribution in [2.45, 2.75) is 6.18 Å². The molecule has 1 aromatic carbocycles. The molecule has 1 aromatic heterocycles. The van der Waals surface area contributed by atoms with Crippen LogP contribution in [-0.4, -0.2) is 4.98 Å². The molecular formula is C10H4BrClF3N. The molecular weight excluding hydrogens is 306 g/mol. The van der Waals surface area contributed by atoms with Crippen LogP contribution in [0.4, 0.5) is 13.2 Å². The quantitative estimate of drug-likeness (QED) is 0.689. The number of pyridine rings is 1. The molecule has 0 aliphatic rings. The molecule has 0 atom stereocenters.